The average Bonchev–Trinajstić information content (AvgIpc) is 2.58. The Balaban J connectivity index is 2.82. The lowest BCUT2D eigenvalue weighted by Crippen LogP contribution is -1.93. The van der Waals surface area contributed by atoms with Crippen LogP contribution in [-0.4, -0.2) is 14.7 Å². The Morgan fingerprint density at radius 1 is 1.60 bits per heavy atom. The largest absolute Gasteiger partial charge is 0.277 e. The number of nitro benzene ring substituents is 1. The summed E-state index contributed by atoms with van der Waals surface area (Å²) in [6.45, 7) is 3.56. The van der Waals surface area contributed by atoms with Gasteiger partial charge in [0.15, 0.2) is 0 Å². The molecule has 1 aromatic heterocycles. The van der Waals surface area contributed by atoms with Gasteiger partial charge < -0.3 is 0 Å². The minimum absolute atomic E-state index is 0.0606. The number of hydrogen-bond donors (Lipinski definition) is 0. The molecule has 76 valence electrons. The minimum Gasteiger partial charge on any atom is -0.268 e. The summed E-state index contributed by atoms with van der Waals surface area (Å²) in [6, 6.07) is 3.23. The Kier molecular flexibility index (Phi) is 2.00. The van der Waals surface area contributed by atoms with Crippen LogP contribution in [0, 0.1) is 10.1 Å². The zero-order chi connectivity index (χ0) is 11.0. The number of nitro groups is 1. The molecule has 0 aliphatic rings. The van der Waals surface area contributed by atoms with Crippen molar-refractivity contribution in [2.75, 3.05) is 0 Å². The fraction of sp³-hybridized carbons (Fsp3) is 0.100. The summed E-state index contributed by atoms with van der Waals surface area (Å²) in [5.74, 6) is 0. The highest BCUT2D eigenvalue weighted by atomic mass is 16.6. The van der Waals surface area contributed by atoms with Crippen molar-refractivity contribution in [3.8, 4) is 0 Å². The first kappa shape index (κ1) is 9.39. The molecule has 15 heavy (non-hydrogen) atoms. The lowest BCUT2D eigenvalue weighted by molar-refractivity contribution is -0.384. The van der Waals surface area contributed by atoms with Crippen molar-refractivity contribution in [1.29, 1.82) is 0 Å². The predicted octanol–water partition coefficient (Wildman–Crippen LogP) is 2.12. The second kappa shape index (κ2) is 3.20. The van der Waals surface area contributed by atoms with Gasteiger partial charge in [-0.3, -0.25) is 14.8 Å². The molecule has 0 aliphatic heterocycles. The summed E-state index contributed by atoms with van der Waals surface area (Å²) < 4.78 is 1.67. The van der Waals surface area contributed by atoms with Crippen LogP contribution in [0.15, 0.2) is 24.9 Å². The maximum Gasteiger partial charge on any atom is 0.277 e. The maximum absolute atomic E-state index is 10.8. The number of aromatic nitrogens is 2. The standard InChI is InChI=1S/C10H9N3O2/c1-3-7-4-9-8(6-11-12(9)2)5-10(7)13(14)15/h3-6H,1H2,2H3. The second-order valence-electron chi connectivity index (χ2n) is 3.20. The van der Waals surface area contributed by atoms with E-state index in [1.165, 1.54) is 12.1 Å². The molecular formula is C10H9N3O2. The highest BCUT2D eigenvalue weighted by Gasteiger charge is 2.14. The van der Waals surface area contributed by atoms with Crippen LogP contribution in [0.25, 0.3) is 17.0 Å². The number of aryl methyl sites for hydroxylation is 1. The van der Waals surface area contributed by atoms with E-state index in [1.807, 2.05) is 0 Å². The minimum atomic E-state index is -0.413. The zero-order valence-electron chi connectivity index (χ0n) is 8.17. The fourth-order valence-electron chi connectivity index (χ4n) is 1.53. The van der Waals surface area contributed by atoms with Gasteiger partial charge in [-0.1, -0.05) is 12.7 Å². The van der Waals surface area contributed by atoms with Crippen molar-refractivity contribution >= 4 is 22.7 Å². The van der Waals surface area contributed by atoms with E-state index in [-0.39, 0.29) is 5.69 Å². The van der Waals surface area contributed by atoms with Crippen molar-refractivity contribution in [1.82, 2.24) is 9.78 Å². The normalized spacial score (nSPS) is 10.5. The average molecular weight is 203 g/mol. The SMILES string of the molecule is C=Cc1cc2c(cnn2C)cc1[N+](=O)[O-]. The van der Waals surface area contributed by atoms with Crippen molar-refractivity contribution in [2.24, 2.45) is 7.05 Å². The molecule has 5 nitrogen and oxygen atoms in total. The first-order chi connectivity index (χ1) is 7.13. The highest BCUT2D eigenvalue weighted by molar-refractivity contribution is 5.85. The number of rotatable bonds is 2. The van der Waals surface area contributed by atoms with Crippen molar-refractivity contribution in [3.63, 3.8) is 0 Å². The molecule has 0 saturated carbocycles. The van der Waals surface area contributed by atoms with Gasteiger partial charge in [0, 0.05) is 18.5 Å². The molecule has 5 heteroatoms. The Labute approximate surface area is 85.8 Å². The molecule has 0 atom stereocenters. The molecule has 2 aromatic rings. The first-order valence-corrected chi connectivity index (χ1v) is 4.36. The van der Waals surface area contributed by atoms with Crippen LogP contribution in [0.2, 0.25) is 0 Å². The van der Waals surface area contributed by atoms with E-state index < -0.39 is 4.92 Å². The van der Waals surface area contributed by atoms with E-state index in [9.17, 15) is 10.1 Å². The van der Waals surface area contributed by atoms with Crippen LogP contribution >= 0.6 is 0 Å². The molecule has 1 heterocycles. The molecular weight excluding hydrogens is 194 g/mol. The summed E-state index contributed by atoms with van der Waals surface area (Å²) in [4.78, 5) is 10.3. The van der Waals surface area contributed by atoms with Gasteiger partial charge in [0.05, 0.1) is 22.2 Å². The molecule has 0 radical (unpaired) electrons. The summed E-state index contributed by atoms with van der Waals surface area (Å²) in [5.41, 5.74) is 1.43. The molecule has 0 amide bonds. The van der Waals surface area contributed by atoms with E-state index in [1.54, 1.807) is 24.0 Å². The molecule has 0 bridgehead atoms. The zero-order valence-corrected chi connectivity index (χ0v) is 8.17. The summed E-state index contributed by atoms with van der Waals surface area (Å²) in [6.07, 6.45) is 3.08. The predicted molar refractivity (Wildman–Crippen MR) is 57.5 cm³/mol. The Morgan fingerprint density at radius 2 is 2.33 bits per heavy atom. The molecule has 0 unspecified atom stereocenters. The molecule has 0 N–H and O–H groups in total. The molecule has 1 aromatic carbocycles. The first-order valence-electron chi connectivity index (χ1n) is 4.36. The molecule has 0 aliphatic carbocycles. The Morgan fingerprint density at radius 3 is 2.93 bits per heavy atom. The van der Waals surface area contributed by atoms with Crippen LogP contribution in [0.4, 0.5) is 5.69 Å². The van der Waals surface area contributed by atoms with Crippen LogP contribution < -0.4 is 0 Å². The Bertz CT molecular complexity index is 557. The van der Waals surface area contributed by atoms with Crippen LogP contribution in [-0.2, 0) is 7.05 Å². The van der Waals surface area contributed by atoms with Crippen LogP contribution in [0.3, 0.4) is 0 Å². The van der Waals surface area contributed by atoms with Crippen molar-refractivity contribution < 1.29 is 4.92 Å². The van der Waals surface area contributed by atoms with Gasteiger partial charge in [0.25, 0.3) is 5.69 Å². The molecule has 2 rings (SSSR count). The third-order valence-corrected chi connectivity index (χ3v) is 2.31. The summed E-state index contributed by atoms with van der Waals surface area (Å²) in [7, 11) is 1.79. The van der Waals surface area contributed by atoms with Gasteiger partial charge in [-0.15, -0.1) is 0 Å². The maximum atomic E-state index is 10.8. The second-order valence-corrected chi connectivity index (χ2v) is 3.20. The number of nitrogens with zero attached hydrogens (tertiary/aromatic N) is 3. The lowest BCUT2D eigenvalue weighted by atomic mass is 10.1. The molecule has 0 spiro atoms. The highest BCUT2D eigenvalue weighted by Crippen LogP contribution is 2.26. The third-order valence-electron chi connectivity index (χ3n) is 2.31. The van der Waals surface area contributed by atoms with Gasteiger partial charge in [-0.05, 0) is 6.07 Å². The monoisotopic (exact) mass is 203 g/mol. The van der Waals surface area contributed by atoms with E-state index in [0.29, 0.717) is 5.56 Å². The van der Waals surface area contributed by atoms with Crippen molar-refractivity contribution in [3.05, 3.63) is 40.6 Å². The number of benzene rings is 1. The quantitative estimate of drug-likeness (QED) is 0.554. The van der Waals surface area contributed by atoms with E-state index >= 15 is 0 Å². The molecule has 0 saturated heterocycles. The van der Waals surface area contributed by atoms with Gasteiger partial charge in [-0.2, -0.15) is 5.10 Å². The van der Waals surface area contributed by atoms with E-state index in [0.717, 1.165) is 10.9 Å². The summed E-state index contributed by atoms with van der Waals surface area (Å²) in [5, 5.41) is 15.6. The smallest absolute Gasteiger partial charge is 0.268 e. The summed E-state index contributed by atoms with van der Waals surface area (Å²) >= 11 is 0. The molecule has 0 fully saturated rings. The number of fused-ring (bicyclic) bond motifs is 1. The van der Waals surface area contributed by atoms with Gasteiger partial charge in [-0.25, -0.2) is 0 Å². The van der Waals surface area contributed by atoms with E-state index in [4.69, 9.17) is 0 Å². The number of hydrogen-bond acceptors (Lipinski definition) is 3. The van der Waals surface area contributed by atoms with Gasteiger partial charge in [0.1, 0.15) is 0 Å². The van der Waals surface area contributed by atoms with E-state index in [2.05, 4.69) is 11.7 Å². The lowest BCUT2D eigenvalue weighted by Gasteiger charge is -1.99. The van der Waals surface area contributed by atoms with Gasteiger partial charge in [0.2, 0.25) is 0 Å². The van der Waals surface area contributed by atoms with Crippen LogP contribution in [0.1, 0.15) is 5.56 Å². The fourth-order valence-corrected chi connectivity index (χ4v) is 1.53. The van der Waals surface area contributed by atoms with Gasteiger partial charge >= 0.3 is 0 Å². The Hall–Kier alpha value is -2.17. The third kappa shape index (κ3) is 1.38. The van der Waals surface area contributed by atoms with Crippen LogP contribution in [0.5, 0.6) is 0 Å². The topological polar surface area (TPSA) is 61.0 Å². The van der Waals surface area contributed by atoms with Crippen molar-refractivity contribution in [2.45, 2.75) is 0 Å².